The molecule has 0 fully saturated rings. The average molecular weight is 226 g/mol. The van der Waals surface area contributed by atoms with Crippen LogP contribution in [-0.4, -0.2) is 14.1 Å². The second kappa shape index (κ2) is 4.91. The number of hydrogen-bond acceptors (Lipinski definition) is 2. The van der Waals surface area contributed by atoms with Crippen LogP contribution in [0.3, 0.4) is 0 Å². The highest BCUT2D eigenvalue weighted by atomic mass is 15.1. The molecule has 0 aliphatic carbocycles. The molecular weight excluding hydrogens is 208 g/mol. The van der Waals surface area contributed by atoms with Gasteiger partial charge in [-0.25, -0.2) is 0 Å². The number of nitrogens with one attached hydrogen (secondary N) is 1. The molecule has 0 unspecified atom stereocenters. The molecule has 0 radical (unpaired) electrons. The summed E-state index contributed by atoms with van der Waals surface area (Å²) in [6.45, 7) is 2.13. The van der Waals surface area contributed by atoms with E-state index < -0.39 is 0 Å². The second-order valence-corrected chi connectivity index (χ2v) is 4.39. The third kappa shape index (κ3) is 2.78. The van der Waals surface area contributed by atoms with Gasteiger partial charge in [-0.2, -0.15) is 0 Å². The van der Waals surface area contributed by atoms with Gasteiger partial charge in [-0.1, -0.05) is 18.2 Å². The molecule has 2 rings (SSSR count). The van der Waals surface area contributed by atoms with Gasteiger partial charge in [0.15, 0.2) is 0 Å². The van der Waals surface area contributed by atoms with E-state index in [2.05, 4.69) is 61.6 Å². The molecule has 0 amide bonds. The summed E-state index contributed by atoms with van der Waals surface area (Å²) in [5, 5.41) is 3.39. The minimum absolute atomic E-state index is 1.12. The summed E-state index contributed by atoms with van der Waals surface area (Å²) in [6.07, 6.45) is 0. The summed E-state index contributed by atoms with van der Waals surface area (Å²) < 4.78 is 0. The molecular formula is C15H18N2. The zero-order chi connectivity index (χ0) is 12.3. The van der Waals surface area contributed by atoms with Crippen molar-refractivity contribution in [3.8, 4) is 0 Å². The zero-order valence-electron chi connectivity index (χ0n) is 10.6. The normalized spacial score (nSPS) is 10.1. The molecule has 0 bridgehead atoms. The summed E-state index contributed by atoms with van der Waals surface area (Å²) in [4.78, 5) is 2.13. The van der Waals surface area contributed by atoms with Crippen molar-refractivity contribution in [2.24, 2.45) is 0 Å². The van der Waals surface area contributed by atoms with Crippen molar-refractivity contribution < 1.29 is 0 Å². The van der Waals surface area contributed by atoms with Crippen molar-refractivity contribution in [1.29, 1.82) is 0 Å². The summed E-state index contributed by atoms with van der Waals surface area (Å²) >= 11 is 0. The van der Waals surface area contributed by atoms with E-state index >= 15 is 0 Å². The number of aryl methyl sites for hydroxylation is 1. The summed E-state index contributed by atoms with van der Waals surface area (Å²) in [6, 6.07) is 16.6. The third-order valence-corrected chi connectivity index (χ3v) is 2.74. The fraction of sp³-hybridized carbons (Fsp3) is 0.200. The van der Waals surface area contributed by atoms with E-state index in [0.29, 0.717) is 0 Å². The van der Waals surface area contributed by atoms with Gasteiger partial charge in [0.1, 0.15) is 0 Å². The van der Waals surface area contributed by atoms with Crippen LogP contribution >= 0.6 is 0 Å². The van der Waals surface area contributed by atoms with Crippen molar-refractivity contribution in [2.75, 3.05) is 24.3 Å². The van der Waals surface area contributed by atoms with Crippen molar-refractivity contribution in [2.45, 2.75) is 6.92 Å². The van der Waals surface area contributed by atoms with Crippen LogP contribution in [0.4, 0.5) is 17.1 Å². The predicted octanol–water partition coefficient (Wildman–Crippen LogP) is 3.80. The van der Waals surface area contributed by atoms with E-state index in [0.717, 1.165) is 11.4 Å². The van der Waals surface area contributed by atoms with E-state index in [4.69, 9.17) is 0 Å². The lowest BCUT2D eigenvalue weighted by atomic mass is 10.1. The van der Waals surface area contributed by atoms with E-state index in [9.17, 15) is 0 Å². The monoisotopic (exact) mass is 226 g/mol. The lowest BCUT2D eigenvalue weighted by Gasteiger charge is -2.17. The van der Waals surface area contributed by atoms with Gasteiger partial charge in [-0.3, -0.25) is 0 Å². The summed E-state index contributed by atoms with van der Waals surface area (Å²) in [5.74, 6) is 0. The van der Waals surface area contributed by atoms with Gasteiger partial charge in [-0.15, -0.1) is 0 Å². The highest BCUT2D eigenvalue weighted by Gasteiger charge is 2.01. The highest BCUT2D eigenvalue weighted by molar-refractivity contribution is 5.65. The van der Waals surface area contributed by atoms with Gasteiger partial charge in [-0.05, 0) is 42.8 Å². The van der Waals surface area contributed by atoms with Gasteiger partial charge in [0.2, 0.25) is 0 Å². The number of anilines is 3. The first kappa shape index (κ1) is 11.5. The van der Waals surface area contributed by atoms with Crippen LogP contribution < -0.4 is 10.2 Å². The van der Waals surface area contributed by atoms with Crippen LogP contribution in [0.5, 0.6) is 0 Å². The minimum atomic E-state index is 1.12. The SMILES string of the molecule is Cc1cc(Nc2ccccc2)ccc1N(C)C. The van der Waals surface area contributed by atoms with Gasteiger partial charge < -0.3 is 10.2 Å². The Morgan fingerprint density at radius 1 is 0.882 bits per heavy atom. The number of para-hydroxylation sites is 1. The quantitative estimate of drug-likeness (QED) is 0.856. The smallest absolute Gasteiger partial charge is 0.0392 e. The number of hydrogen-bond donors (Lipinski definition) is 1. The zero-order valence-corrected chi connectivity index (χ0v) is 10.6. The average Bonchev–Trinajstić information content (AvgIpc) is 2.30. The number of benzene rings is 2. The van der Waals surface area contributed by atoms with Gasteiger partial charge in [0, 0.05) is 31.2 Å². The van der Waals surface area contributed by atoms with Crippen LogP contribution in [0.15, 0.2) is 48.5 Å². The Kier molecular flexibility index (Phi) is 3.33. The fourth-order valence-electron chi connectivity index (χ4n) is 1.92. The first-order chi connectivity index (χ1) is 8.16. The Balaban J connectivity index is 2.21. The lowest BCUT2D eigenvalue weighted by molar-refractivity contribution is 1.11. The first-order valence-corrected chi connectivity index (χ1v) is 5.77. The van der Waals surface area contributed by atoms with Crippen LogP contribution in [0, 0.1) is 6.92 Å². The highest BCUT2D eigenvalue weighted by Crippen LogP contribution is 2.24. The maximum atomic E-state index is 3.39. The third-order valence-electron chi connectivity index (χ3n) is 2.74. The molecule has 0 spiro atoms. The maximum absolute atomic E-state index is 3.39. The van der Waals surface area contributed by atoms with Gasteiger partial charge in [0.05, 0.1) is 0 Å². The molecule has 2 aromatic carbocycles. The summed E-state index contributed by atoms with van der Waals surface area (Å²) in [5.41, 5.74) is 4.77. The molecule has 2 aromatic rings. The Morgan fingerprint density at radius 2 is 1.59 bits per heavy atom. The molecule has 0 aliphatic rings. The Labute approximate surface area is 103 Å². The minimum Gasteiger partial charge on any atom is -0.377 e. The number of rotatable bonds is 3. The van der Waals surface area contributed by atoms with E-state index in [1.54, 1.807) is 0 Å². The molecule has 0 saturated carbocycles. The molecule has 0 saturated heterocycles. The standard InChI is InChI=1S/C15H18N2/c1-12-11-14(9-10-15(12)17(2)3)16-13-7-5-4-6-8-13/h4-11,16H,1-3H3. The maximum Gasteiger partial charge on any atom is 0.0392 e. The first-order valence-electron chi connectivity index (χ1n) is 5.77. The topological polar surface area (TPSA) is 15.3 Å². The van der Waals surface area contributed by atoms with Crippen molar-refractivity contribution in [1.82, 2.24) is 0 Å². The Morgan fingerprint density at radius 3 is 2.18 bits per heavy atom. The van der Waals surface area contributed by atoms with Crippen LogP contribution in [0.1, 0.15) is 5.56 Å². The van der Waals surface area contributed by atoms with Crippen molar-refractivity contribution in [3.63, 3.8) is 0 Å². The van der Waals surface area contributed by atoms with E-state index in [1.165, 1.54) is 11.3 Å². The molecule has 17 heavy (non-hydrogen) atoms. The molecule has 2 nitrogen and oxygen atoms in total. The van der Waals surface area contributed by atoms with Crippen LogP contribution in [0.25, 0.3) is 0 Å². The van der Waals surface area contributed by atoms with E-state index in [1.807, 2.05) is 18.2 Å². The van der Waals surface area contributed by atoms with Crippen LogP contribution in [-0.2, 0) is 0 Å². The Bertz CT molecular complexity index is 490. The largest absolute Gasteiger partial charge is 0.377 e. The molecule has 0 aliphatic heterocycles. The van der Waals surface area contributed by atoms with Crippen LogP contribution in [0.2, 0.25) is 0 Å². The van der Waals surface area contributed by atoms with Crippen molar-refractivity contribution in [3.05, 3.63) is 54.1 Å². The number of nitrogens with zero attached hydrogens (tertiary/aromatic N) is 1. The lowest BCUT2D eigenvalue weighted by Crippen LogP contribution is -2.10. The predicted molar refractivity (Wildman–Crippen MR) is 75.2 cm³/mol. The molecule has 2 heteroatoms. The molecule has 0 atom stereocenters. The fourth-order valence-corrected chi connectivity index (χ4v) is 1.92. The summed E-state index contributed by atoms with van der Waals surface area (Å²) in [7, 11) is 4.12. The molecule has 88 valence electrons. The van der Waals surface area contributed by atoms with Gasteiger partial charge >= 0.3 is 0 Å². The van der Waals surface area contributed by atoms with Gasteiger partial charge in [0.25, 0.3) is 0 Å². The Hall–Kier alpha value is -1.96. The molecule has 0 heterocycles. The van der Waals surface area contributed by atoms with E-state index in [-0.39, 0.29) is 0 Å². The molecule has 1 N–H and O–H groups in total. The molecule has 0 aromatic heterocycles. The van der Waals surface area contributed by atoms with Crippen molar-refractivity contribution >= 4 is 17.1 Å². The second-order valence-electron chi connectivity index (χ2n) is 4.39.